The number of carbonyl (C=O) groups is 1. The first-order chi connectivity index (χ1) is 17.6. The molecule has 10 atom stereocenters. The lowest BCUT2D eigenvalue weighted by Crippen LogP contribution is -2.61. The second-order valence-corrected chi connectivity index (χ2v) is 8.62. The van der Waals surface area contributed by atoms with Crippen molar-refractivity contribution in [2.75, 3.05) is 27.9 Å². The van der Waals surface area contributed by atoms with Gasteiger partial charge in [-0.1, -0.05) is 6.07 Å². The summed E-state index contributed by atoms with van der Waals surface area (Å²) < 4.78 is 37.4. The smallest absolute Gasteiger partial charge is 0.333 e. The molecule has 37 heavy (non-hydrogen) atoms. The van der Waals surface area contributed by atoms with Crippen molar-refractivity contribution in [1.82, 2.24) is 0 Å². The Bertz CT molecular complexity index is 924. The molecule has 2 saturated heterocycles. The second kappa shape index (κ2) is 13.0. The number of benzene rings is 1. The Morgan fingerprint density at radius 3 is 2.24 bits per heavy atom. The van der Waals surface area contributed by atoms with Crippen molar-refractivity contribution < 1.29 is 63.5 Å². The topological polar surface area (TPSA) is 183 Å². The Kier molecular flexibility index (Phi) is 10.2. The van der Waals surface area contributed by atoms with Crippen LogP contribution >= 0.6 is 0 Å². The molecule has 0 amide bonds. The molecule has 0 saturated carbocycles. The van der Waals surface area contributed by atoms with E-state index in [1.807, 2.05) is 0 Å². The SMILES string of the molecule is COc1ccc(/C=C/C(=O)O[C@@H]2O[C@H](CO[C@@H]3O[C@@H](C)[C@H](O)[C@@H](O)[C@H]3O)[C@@H](O)[C@H](O)[C@H]2OC)cc1OC. The number of aliphatic hydroxyl groups is 5. The van der Waals surface area contributed by atoms with Crippen molar-refractivity contribution in [3.05, 3.63) is 29.8 Å². The van der Waals surface area contributed by atoms with E-state index in [1.165, 1.54) is 34.3 Å². The molecule has 0 aliphatic carbocycles. The van der Waals surface area contributed by atoms with E-state index in [4.69, 9.17) is 33.2 Å². The van der Waals surface area contributed by atoms with Crippen LogP contribution < -0.4 is 9.47 Å². The number of hydrogen-bond acceptors (Lipinski definition) is 13. The number of carbonyl (C=O) groups excluding carboxylic acids is 1. The molecule has 2 aliphatic rings. The first kappa shape index (κ1) is 29.2. The maximum absolute atomic E-state index is 12.5. The van der Waals surface area contributed by atoms with E-state index in [2.05, 4.69) is 0 Å². The Morgan fingerprint density at radius 1 is 0.892 bits per heavy atom. The molecule has 208 valence electrons. The van der Waals surface area contributed by atoms with E-state index in [9.17, 15) is 30.3 Å². The minimum absolute atomic E-state index is 0.415. The largest absolute Gasteiger partial charge is 0.493 e. The lowest BCUT2D eigenvalue weighted by Gasteiger charge is -2.42. The van der Waals surface area contributed by atoms with Crippen LogP contribution in [0, 0.1) is 0 Å². The van der Waals surface area contributed by atoms with E-state index in [-0.39, 0.29) is 0 Å². The molecule has 0 bridgehead atoms. The Balaban J connectivity index is 1.64. The van der Waals surface area contributed by atoms with Gasteiger partial charge in [0.25, 0.3) is 0 Å². The third kappa shape index (κ3) is 6.76. The molecule has 0 radical (unpaired) electrons. The summed E-state index contributed by atoms with van der Waals surface area (Å²) in [7, 11) is 4.24. The van der Waals surface area contributed by atoms with Crippen LogP contribution in [0.25, 0.3) is 6.08 Å². The van der Waals surface area contributed by atoms with Crippen molar-refractivity contribution in [3.63, 3.8) is 0 Å². The minimum atomic E-state index is -1.57. The highest BCUT2D eigenvalue weighted by atomic mass is 16.7. The highest BCUT2D eigenvalue weighted by Crippen LogP contribution is 2.29. The molecule has 5 N–H and O–H groups in total. The Morgan fingerprint density at radius 2 is 1.59 bits per heavy atom. The molecule has 0 aromatic heterocycles. The molecule has 2 heterocycles. The molecule has 13 nitrogen and oxygen atoms in total. The normalized spacial score (nSPS) is 36.4. The van der Waals surface area contributed by atoms with E-state index < -0.39 is 74.0 Å². The van der Waals surface area contributed by atoms with Crippen LogP contribution in [-0.4, -0.2) is 121 Å². The first-order valence-electron chi connectivity index (χ1n) is 11.6. The van der Waals surface area contributed by atoms with Crippen molar-refractivity contribution in [3.8, 4) is 11.5 Å². The van der Waals surface area contributed by atoms with Crippen LogP contribution in [0.2, 0.25) is 0 Å². The highest BCUT2D eigenvalue weighted by Gasteiger charge is 2.48. The number of ether oxygens (including phenoxy) is 7. The van der Waals surface area contributed by atoms with E-state index in [0.29, 0.717) is 17.1 Å². The maximum atomic E-state index is 12.5. The van der Waals surface area contributed by atoms with Crippen LogP contribution in [0.5, 0.6) is 11.5 Å². The van der Waals surface area contributed by atoms with Gasteiger partial charge in [-0.3, -0.25) is 0 Å². The molecule has 1 aromatic rings. The molecular weight excluding hydrogens is 496 g/mol. The average Bonchev–Trinajstić information content (AvgIpc) is 2.89. The van der Waals surface area contributed by atoms with Gasteiger partial charge in [0.15, 0.2) is 17.8 Å². The predicted octanol–water partition coefficient (Wildman–Crippen LogP) is -1.43. The summed E-state index contributed by atoms with van der Waals surface area (Å²) >= 11 is 0. The van der Waals surface area contributed by atoms with Gasteiger partial charge in [0.1, 0.15) is 42.7 Å². The molecule has 3 rings (SSSR count). The quantitative estimate of drug-likeness (QED) is 0.185. The van der Waals surface area contributed by atoms with Gasteiger partial charge < -0.3 is 58.7 Å². The van der Waals surface area contributed by atoms with Crippen LogP contribution in [0.1, 0.15) is 12.5 Å². The average molecular weight is 531 g/mol. The summed E-state index contributed by atoms with van der Waals surface area (Å²) in [6.07, 6.45) is -10.8. The number of esters is 1. The summed E-state index contributed by atoms with van der Waals surface area (Å²) in [5, 5.41) is 50.8. The van der Waals surface area contributed by atoms with Gasteiger partial charge in [0, 0.05) is 13.2 Å². The maximum Gasteiger partial charge on any atom is 0.333 e. The second-order valence-electron chi connectivity index (χ2n) is 8.62. The van der Waals surface area contributed by atoms with Crippen LogP contribution in [0.3, 0.4) is 0 Å². The summed E-state index contributed by atoms with van der Waals surface area (Å²) in [6.45, 7) is 1.07. The van der Waals surface area contributed by atoms with E-state index in [1.54, 1.807) is 18.2 Å². The summed E-state index contributed by atoms with van der Waals surface area (Å²) in [5.74, 6) is 0.173. The molecule has 0 unspecified atom stereocenters. The van der Waals surface area contributed by atoms with Gasteiger partial charge in [-0.15, -0.1) is 0 Å². The van der Waals surface area contributed by atoms with Crippen molar-refractivity contribution in [2.24, 2.45) is 0 Å². The lowest BCUT2D eigenvalue weighted by atomic mass is 9.98. The van der Waals surface area contributed by atoms with Gasteiger partial charge in [0.05, 0.1) is 26.9 Å². The van der Waals surface area contributed by atoms with E-state index in [0.717, 1.165) is 6.08 Å². The number of methoxy groups -OCH3 is 3. The third-order valence-electron chi connectivity index (χ3n) is 6.20. The Hall–Kier alpha value is -2.33. The summed E-state index contributed by atoms with van der Waals surface area (Å²) in [5.41, 5.74) is 0.622. The lowest BCUT2D eigenvalue weighted by molar-refractivity contribution is -0.324. The van der Waals surface area contributed by atoms with Gasteiger partial charge in [-0.2, -0.15) is 0 Å². The molecule has 1 aromatic carbocycles. The van der Waals surface area contributed by atoms with E-state index >= 15 is 0 Å². The standard InChI is InChI=1S/C24H34O13/c1-11-17(26)19(28)21(30)23(35-11)34-10-15-18(27)20(29)22(33-4)24(36-15)37-16(25)8-6-12-5-7-13(31-2)14(9-12)32-3/h5-9,11,15,17-24,26-30H,10H2,1-4H3/b8-6+/t11-,15+,17-,18+,19+,20-,21+,22+,23+,24-/m0/s1. The molecule has 2 aliphatic heterocycles. The van der Waals surface area contributed by atoms with Crippen molar-refractivity contribution in [1.29, 1.82) is 0 Å². The molecule has 13 heteroatoms. The molecular formula is C24H34O13. The predicted molar refractivity (Wildman–Crippen MR) is 124 cm³/mol. The zero-order chi connectivity index (χ0) is 27.3. The molecule has 2 fully saturated rings. The molecule has 0 spiro atoms. The third-order valence-corrected chi connectivity index (χ3v) is 6.20. The zero-order valence-electron chi connectivity index (χ0n) is 20.9. The summed E-state index contributed by atoms with van der Waals surface area (Å²) in [6, 6.07) is 5.03. The fraction of sp³-hybridized carbons (Fsp3) is 0.625. The monoisotopic (exact) mass is 530 g/mol. The van der Waals surface area contributed by atoms with Crippen LogP contribution in [0.4, 0.5) is 0 Å². The van der Waals surface area contributed by atoms with Crippen molar-refractivity contribution >= 4 is 12.0 Å². The number of hydrogen-bond donors (Lipinski definition) is 5. The van der Waals surface area contributed by atoms with Crippen molar-refractivity contribution in [2.45, 2.75) is 68.3 Å². The number of rotatable bonds is 9. The van der Waals surface area contributed by atoms with Crippen LogP contribution in [-0.2, 0) is 28.5 Å². The minimum Gasteiger partial charge on any atom is -0.493 e. The fourth-order valence-electron chi connectivity index (χ4n) is 4.00. The van der Waals surface area contributed by atoms with Gasteiger partial charge >= 0.3 is 5.97 Å². The van der Waals surface area contributed by atoms with Gasteiger partial charge in [-0.05, 0) is 30.7 Å². The van der Waals surface area contributed by atoms with Gasteiger partial charge in [-0.25, -0.2) is 4.79 Å². The fourth-order valence-corrected chi connectivity index (χ4v) is 4.00. The highest BCUT2D eigenvalue weighted by molar-refractivity contribution is 5.87. The number of aliphatic hydroxyl groups excluding tert-OH is 5. The van der Waals surface area contributed by atoms with Crippen LogP contribution in [0.15, 0.2) is 24.3 Å². The Labute approximate surface area is 213 Å². The first-order valence-corrected chi connectivity index (χ1v) is 11.6. The van der Waals surface area contributed by atoms with Gasteiger partial charge in [0.2, 0.25) is 6.29 Å². The summed E-state index contributed by atoms with van der Waals surface area (Å²) in [4.78, 5) is 12.5. The zero-order valence-corrected chi connectivity index (χ0v) is 20.9.